The van der Waals surface area contributed by atoms with Crippen LogP contribution in [0, 0.1) is 0 Å². The molecule has 0 unspecified atom stereocenters. The average Bonchev–Trinajstić information content (AvgIpc) is 2.73. The molecule has 1 aromatic carbocycles. The van der Waals surface area contributed by atoms with Crippen LogP contribution in [0.3, 0.4) is 0 Å². The van der Waals surface area contributed by atoms with Crippen molar-refractivity contribution in [1.82, 2.24) is 0 Å². The van der Waals surface area contributed by atoms with Crippen LogP contribution in [0.25, 0.3) is 0 Å². The van der Waals surface area contributed by atoms with Crippen molar-refractivity contribution < 1.29 is 18.0 Å². The van der Waals surface area contributed by atoms with E-state index in [1.165, 1.54) is 0 Å². The van der Waals surface area contributed by atoms with Crippen molar-refractivity contribution in [3.05, 3.63) is 29.3 Å². The lowest BCUT2D eigenvalue weighted by Crippen LogP contribution is -2.08. The molecule has 0 fully saturated rings. The number of hydrogen-bond acceptors (Lipinski definition) is 2. The summed E-state index contributed by atoms with van der Waals surface area (Å²) in [6, 6.07) is 5.30. The molecule has 1 aliphatic rings. The van der Waals surface area contributed by atoms with Crippen LogP contribution < -0.4 is 5.32 Å². The molecule has 5 heteroatoms. The van der Waals surface area contributed by atoms with Crippen molar-refractivity contribution in [2.45, 2.75) is 31.9 Å². The third-order valence-electron chi connectivity index (χ3n) is 3.01. The third kappa shape index (κ3) is 3.24. The molecule has 0 aromatic heterocycles. The van der Waals surface area contributed by atoms with Crippen LogP contribution in [0.2, 0.25) is 0 Å². The first kappa shape index (κ1) is 12.9. The van der Waals surface area contributed by atoms with Crippen LogP contribution in [0.1, 0.15) is 35.2 Å². The number of fused-ring (bicyclic) bond motifs is 1. The number of rotatable bonds is 4. The molecular weight excluding hydrogens is 243 g/mol. The zero-order valence-electron chi connectivity index (χ0n) is 9.81. The van der Waals surface area contributed by atoms with Gasteiger partial charge in [0, 0.05) is 30.6 Å². The Kier molecular flexibility index (Phi) is 3.59. The minimum Gasteiger partial charge on any atom is -0.384 e. The SMILES string of the molecule is O=C(CCCC(F)(F)F)c1ccc2c(c1)NCC2. The Morgan fingerprint density at radius 1 is 1.33 bits per heavy atom. The molecule has 2 nitrogen and oxygen atoms in total. The Morgan fingerprint density at radius 3 is 2.83 bits per heavy atom. The molecule has 0 aliphatic carbocycles. The van der Waals surface area contributed by atoms with E-state index in [0.717, 1.165) is 24.2 Å². The second-order valence-electron chi connectivity index (χ2n) is 4.44. The molecule has 0 bridgehead atoms. The number of alkyl halides is 3. The lowest BCUT2D eigenvalue weighted by atomic mass is 10.0. The van der Waals surface area contributed by atoms with Crippen LogP contribution in [-0.2, 0) is 6.42 Å². The van der Waals surface area contributed by atoms with Crippen LogP contribution in [0.5, 0.6) is 0 Å². The number of benzene rings is 1. The normalized spacial score (nSPS) is 14.2. The summed E-state index contributed by atoms with van der Waals surface area (Å²) in [7, 11) is 0. The van der Waals surface area contributed by atoms with Gasteiger partial charge in [0.25, 0.3) is 0 Å². The summed E-state index contributed by atoms with van der Waals surface area (Å²) >= 11 is 0. The molecule has 0 radical (unpaired) electrons. The maximum Gasteiger partial charge on any atom is 0.389 e. The molecule has 2 rings (SSSR count). The van der Waals surface area contributed by atoms with Crippen molar-refractivity contribution in [3.63, 3.8) is 0 Å². The van der Waals surface area contributed by atoms with E-state index in [1.54, 1.807) is 12.1 Å². The van der Waals surface area contributed by atoms with Gasteiger partial charge in [-0.05, 0) is 24.5 Å². The van der Waals surface area contributed by atoms with E-state index in [1.807, 2.05) is 6.07 Å². The fourth-order valence-electron chi connectivity index (χ4n) is 2.06. The van der Waals surface area contributed by atoms with Gasteiger partial charge in [0.1, 0.15) is 0 Å². The molecule has 1 aromatic rings. The molecule has 0 atom stereocenters. The standard InChI is InChI=1S/C13H14F3NO/c14-13(15,16)6-1-2-12(18)10-4-3-9-5-7-17-11(9)8-10/h3-4,8,17H,1-2,5-7H2. The Bertz CT molecular complexity index is 454. The van der Waals surface area contributed by atoms with Gasteiger partial charge < -0.3 is 5.32 Å². The Labute approximate surface area is 103 Å². The molecule has 0 saturated heterocycles. The fraction of sp³-hybridized carbons (Fsp3) is 0.462. The summed E-state index contributed by atoms with van der Waals surface area (Å²) in [5.74, 6) is -0.226. The first-order chi connectivity index (χ1) is 8.46. The maximum atomic E-state index is 12.0. The van der Waals surface area contributed by atoms with Crippen LogP contribution in [0.4, 0.5) is 18.9 Å². The highest BCUT2D eigenvalue weighted by molar-refractivity contribution is 5.97. The summed E-state index contributed by atoms with van der Waals surface area (Å²) < 4.78 is 35.9. The number of anilines is 1. The highest BCUT2D eigenvalue weighted by atomic mass is 19.4. The molecule has 0 spiro atoms. The fourth-order valence-corrected chi connectivity index (χ4v) is 2.06. The number of Topliss-reactive ketones (excluding diaryl/α,β-unsaturated/α-hetero) is 1. The van der Waals surface area contributed by atoms with E-state index in [0.29, 0.717) is 5.56 Å². The molecule has 1 N–H and O–H groups in total. The van der Waals surface area contributed by atoms with Crippen molar-refractivity contribution in [1.29, 1.82) is 0 Å². The molecule has 1 heterocycles. The average molecular weight is 257 g/mol. The Hall–Kier alpha value is -1.52. The highest BCUT2D eigenvalue weighted by Gasteiger charge is 2.26. The van der Waals surface area contributed by atoms with E-state index in [-0.39, 0.29) is 18.6 Å². The summed E-state index contributed by atoms with van der Waals surface area (Å²) in [6.07, 6.45) is -4.36. The summed E-state index contributed by atoms with van der Waals surface area (Å²) in [6.45, 7) is 0.848. The number of carbonyl (C=O) groups excluding carboxylic acids is 1. The predicted octanol–water partition coefficient (Wildman–Crippen LogP) is 3.57. The molecular formula is C13H14F3NO. The number of nitrogens with one attached hydrogen (secondary N) is 1. The van der Waals surface area contributed by atoms with Gasteiger partial charge in [-0.25, -0.2) is 0 Å². The van der Waals surface area contributed by atoms with Crippen molar-refractivity contribution in [2.24, 2.45) is 0 Å². The largest absolute Gasteiger partial charge is 0.389 e. The van der Waals surface area contributed by atoms with Crippen molar-refractivity contribution in [3.8, 4) is 0 Å². The van der Waals surface area contributed by atoms with Gasteiger partial charge in [-0.1, -0.05) is 12.1 Å². The summed E-state index contributed by atoms with van der Waals surface area (Å²) in [4.78, 5) is 11.7. The highest BCUT2D eigenvalue weighted by Crippen LogP contribution is 2.25. The van der Waals surface area contributed by atoms with E-state index in [2.05, 4.69) is 5.32 Å². The molecule has 18 heavy (non-hydrogen) atoms. The monoisotopic (exact) mass is 257 g/mol. The topological polar surface area (TPSA) is 29.1 Å². The summed E-state index contributed by atoms with van der Waals surface area (Å²) in [5, 5.41) is 3.14. The van der Waals surface area contributed by atoms with Gasteiger partial charge in [0.15, 0.2) is 5.78 Å². The van der Waals surface area contributed by atoms with Gasteiger partial charge in [0.05, 0.1) is 0 Å². The minimum atomic E-state index is -4.18. The first-order valence-corrected chi connectivity index (χ1v) is 5.92. The van der Waals surface area contributed by atoms with Crippen molar-refractivity contribution >= 4 is 11.5 Å². The zero-order valence-corrected chi connectivity index (χ0v) is 9.81. The summed E-state index contributed by atoms with van der Waals surface area (Å²) in [5.41, 5.74) is 2.57. The predicted molar refractivity (Wildman–Crippen MR) is 62.9 cm³/mol. The van der Waals surface area contributed by atoms with Gasteiger partial charge >= 0.3 is 6.18 Å². The quantitative estimate of drug-likeness (QED) is 0.835. The van der Waals surface area contributed by atoms with Gasteiger partial charge in [-0.3, -0.25) is 4.79 Å². The van der Waals surface area contributed by atoms with E-state index < -0.39 is 12.6 Å². The van der Waals surface area contributed by atoms with Crippen molar-refractivity contribution in [2.75, 3.05) is 11.9 Å². The third-order valence-corrected chi connectivity index (χ3v) is 3.01. The number of carbonyl (C=O) groups is 1. The van der Waals surface area contributed by atoms with Crippen LogP contribution in [-0.4, -0.2) is 18.5 Å². The van der Waals surface area contributed by atoms with Gasteiger partial charge in [-0.15, -0.1) is 0 Å². The number of hydrogen-bond donors (Lipinski definition) is 1. The lowest BCUT2D eigenvalue weighted by Gasteiger charge is -2.06. The molecule has 1 aliphatic heterocycles. The molecule has 0 saturated carbocycles. The van der Waals surface area contributed by atoms with E-state index >= 15 is 0 Å². The second-order valence-corrected chi connectivity index (χ2v) is 4.44. The van der Waals surface area contributed by atoms with Crippen LogP contribution in [0.15, 0.2) is 18.2 Å². The minimum absolute atomic E-state index is 0.0572. The first-order valence-electron chi connectivity index (χ1n) is 5.92. The van der Waals surface area contributed by atoms with Crippen LogP contribution >= 0.6 is 0 Å². The zero-order chi connectivity index (χ0) is 13.2. The number of ketones is 1. The van der Waals surface area contributed by atoms with Gasteiger partial charge in [0.2, 0.25) is 0 Å². The molecule has 98 valence electrons. The maximum absolute atomic E-state index is 12.0. The Morgan fingerprint density at radius 2 is 2.11 bits per heavy atom. The van der Waals surface area contributed by atoms with E-state index in [4.69, 9.17) is 0 Å². The number of halogens is 3. The van der Waals surface area contributed by atoms with E-state index in [9.17, 15) is 18.0 Å². The lowest BCUT2D eigenvalue weighted by molar-refractivity contribution is -0.135. The Balaban J connectivity index is 1.93. The molecule has 0 amide bonds. The second kappa shape index (κ2) is 5.00. The smallest absolute Gasteiger partial charge is 0.384 e. The van der Waals surface area contributed by atoms with Gasteiger partial charge in [-0.2, -0.15) is 13.2 Å².